The van der Waals surface area contributed by atoms with Gasteiger partial charge in [0.15, 0.2) is 0 Å². The molecule has 0 bridgehead atoms. The average molecular weight is 376 g/mol. The van der Waals surface area contributed by atoms with E-state index < -0.39 is 0 Å². The highest BCUT2D eigenvalue weighted by molar-refractivity contribution is 5.96. The van der Waals surface area contributed by atoms with Gasteiger partial charge >= 0.3 is 6.03 Å². The topological polar surface area (TPSA) is 92.2 Å². The Morgan fingerprint density at radius 1 is 1.18 bits per heavy atom. The number of nitrogens with one attached hydrogen (secondary N) is 2. The summed E-state index contributed by atoms with van der Waals surface area (Å²) in [6.45, 7) is 3.56. The normalized spacial score (nSPS) is 13.5. The van der Waals surface area contributed by atoms with Gasteiger partial charge in [-0.1, -0.05) is 0 Å². The minimum Gasteiger partial charge on any atom is -0.348 e. The summed E-state index contributed by atoms with van der Waals surface area (Å²) in [7, 11) is 0. The Morgan fingerprint density at radius 3 is 2.68 bits per heavy atom. The Hall–Kier alpha value is -3.68. The minimum atomic E-state index is -0.172. The first-order valence-electron chi connectivity index (χ1n) is 9.01. The van der Waals surface area contributed by atoms with E-state index in [4.69, 9.17) is 0 Å². The molecule has 3 heterocycles. The summed E-state index contributed by atoms with van der Waals surface area (Å²) in [4.78, 5) is 34.4. The molecule has 0 unspecified atom stereocenters. The lowest BCUT2D eigenvalue weighted by molar-refractivity contribution is 0.0951. The predicted molar refractivity (Wildman–Crippen MR) is 104 cm³/mol. The van der Waals surface area contributed by atoms with E-state index in [1.807, 2.05) is 29.8 Å². The zero-order chi connectivity index (χ0) is 19.5. The summed E-state index contributed by atoms with van der Waals surface area (Å²) in [5, 5.41) is 5.67. The number of urea groups is 1. The van der Waals surface area contributed by atoms with Crippen LogP contribution in [-0.2, 0) is 6.54 Å². The first kappa shape index (κ1) is 17.7. The fourth-order valence-corrected chi connectivity index (χ4v) is 3.12. The highest BCUT2D eigenvalue weighted by Gasteiger charge is 2.21. The maximum atomic E-state index is 12.4. The summed E-state index contributed by atoms with van der Waals surface area (Å²) in [5.41, 5.74) is 2.26. The molecule has 8 nitrogen and oxygen atoms in total. The number of imidazole rings is 1. The standard InChI is InChI=1S/C20H20N6O2/c1-14-21-8-10-25(14)18-12-15(6-7-22-18)13-24-19(27)16-2-4-17(5-3-16)26-11-9-23-20(26)28/h2-8,10,12H,9,11,13H2,1H3,(H,23,28)(H,24,27). The van der Waals surface area contributed by atoms with Crippen LogP contribution >= 0.6 is 0 Å². The van der Waals surface area contributed by atoms with E-state index in [9.17, 15) is 9.59 Å². The van der Waals surface area contributed by atoms with Crippen molar-refractivity contribution in [3.05, 3.63) is 71.9 Å². The van der Waals surface area contributed by atoms with Crippen LogP contribution in [0.2, 0.25) is 0 Å². The van der Waals surface area contributed by atoms with Crippen molar-refractivity contribution in [2.45, 2.75) is 13.5 Å². The molecule has 1 saturated heterocycles. The van der Waals surface area contributed by atoms with Crippen molar-refractivity contribution in [2.75, 3.05) is 18.0 Å². The second kappa shape index (κ2) is 7.51. The number of carbonyl (C=O) groups excluding carboxylic acids is 2. The SMILES string of the molecule is Cc1nccn1-c1cc(CNC(=O)c2ccc(N3CCNC3=O)cc2)ccn1. The zero-order valence-electron chi connectivity index (χ0n) is 15.4. The monoisotopic (exact) mass is 376 g/mol. The van der Waals surface area contributed by atoms with E-state index in [2.05, 4.69) is 20.6 Å². The Morgan fingerprint density at radius 2 is 2.00 bits per heavy atom. The maximum absolute atomic E-state index is 12.4. The molecule has 4 rings (SSSR count). The van der Waals surface area contributed by atoms with Gasteiger partial charge in [-0.2, -0.15) is 0 Å². The summed E-state index contributed by atoms with van der Waals surface area (Å²) in [6.07, 6.45) is 5.29. The van der Waals surface area contributed by atoms with Crippen molar-refractivity contribution in [3.8, 4) is 5.82 Å². The third-order valence-electron chi connectivity index (χ3n) is 4.63. The fraction of sp³-hybridized carbons (Fsp3) is 0.200. The van der Waals surface area contributed by atoms with Crippen molar-refractivity contribution in [1.82, 2.24) is 25.2 Å². The molecule has 0 atom stereocenters. The lowest BCUT2D eigenvalue weighted by Gasteiger charge is -2.14. The molecule has 0 spiro atoms. The van der Waals surface area contributed by atoms with Crippen LogP contribution in [0.4, 0.5) is 10.5 Å². The molecule has 3 amide bonds. The molecule has 1 aliphatic rings. The van der Waals surface area contributed by atoms with Gasteiger partial charge in [0.2, 0.25) is 0 Å². The number of nitrogens with zero attached hydrogens (tertiary/aromatic N) is 4. The second-order valence-electron chi connectivity index (χ2n) is 6.48. The predicted octanol–water partition coefficient (Wildman–Crippen LogP) is 2.04. The molecule has 0 saturated carbocycles. The molecule has 1 fully saturated rings. The maximum Gasteiger partial charge on any atom is 0.321 e. The van der Waals surface area contributed by atoms with Gasteiger partial charge in [0.1, 0.15) is 11.6 Å². The largest absolute Gasteiger partial charge is 0.348 e. The molecule has 2 N–H and O–H groups in total. The second-order valence-corrected chi connectivity index (χ2v) is 6.48. The van der Waals surface area contributed by atoms with Crippen molar-refractivity contribution < 1.29 is 9.59 Å². The molecule has 1 aliphatic heterocycles. The average Bonchev–Trinajstić information content (AvgIpc) is 3.34. The lowest BCUT2D eigenvalue weighted by Crippen LogP contribution is -2.28. The Labute approximate surface area is 162 Å². The first-order valence-corrected chi connectivity index (χ1v) is 9.01. The zero-order valence-corrected chi connectivity index (χ0v) is 15.4. The molecular formula is C20H20N6O2. The van der Waals surface area contributed by atoms with Crippen LogP contribution in [0, 0.1) is 6.92 Å². The molecule has 28 heavy (non-hydrogen) atoms. The lowest BCUT2D eigenvalue weighted by atomic mass is 10.1. The number of anilines is 1. The van der Waals surface area contributed by atoms with E-state index in [1.165, 1.54) is 0 Å². The number of hydrogen-bond donors (Lipinski definition) is 2. The van der Waals surface area contributed by atoms with E-state index >= 15 is 0 Å². The van der Waals surface area contributed by atoms with E-state index in [0.717, 1.165) is 22.9 Å². The number of rotatable bonds is 5. The van der Waals surface area contributed by atoms with Gasteiger partial charge in [0, 0.05) is 49.5 Å². The van der Waals surface area contributed by atoms with Gasteiger partial charge in [-0.05, 0) is 48.9 Å². The summed E-state index contributed by atoms with van der Waals surface area (Å²) >= 11 is 0. The number of pyridine rings is 1. The van der Waals surface area contributed by atoms with Gasteiger partial charge < -0.3 is 10.6 Å². The third kappa shape index (κ3) is 3.57. The first-order chi connectivity index (χ1) is 13.6. The van der Waals surface area contributed by atoms with Gasteiger partial charge in [0.05, 0.1) is 0 Å². The van der Waals surface area contributed by atoms with Crippen LogP contribution in [0.25, 0.3) is 5.82 Å². The highest BCUT2D eigenvalue weighted by Crippen LogP contribution is 2.17. The molecule has 0 radical (unpaired) electrons. The Kier molecular flexibility index (Phi) is 4.76. The van der Waals surface area contributed by atoms with E-state index in [-0.39, 0.29) is 11.9 Å². The van der Waals surface area contributed by atoms with Gasteiger partial charge in [0.25, 0.3) is 5.91 Å². The van der Waals surface area contributed by atoms with Crippen LogP contribution in [0.1, 0.15) is 21.7 Å². The Balaban J connectivity index is 1.40. The smallest absolute Gasteiger partial charge is 0.321 e. The number of benzene rings is 1. The quantitative estimate of drug-likeness (QED) is 0.713. The third-order valence-corrected chi connectivity index (χ3v) is 4.63. The van der Waals surface area contributed by atoms with Gasteiger partial charge in [-0.3, -0.25) is 14.3 Å². The van der Waals surface area contributed by atoms with Crippen molar-refractivity contribution >= 4 is 17.6 Å². The van der Waals surface area contributed by atoms with Crippen LogP contribution in [-0.4, -0.2) is 39.6 Å². The van der Waals surface area contributed by atoms with Crippen molar-refractivity contribution in [3.63, 3.8) is 0 Å². The summed E-state index contributed by atoms with van der Waals surface area (Å²) in [6, 6.07) is 10.7. The minimum absolute atomic E-state index is 0.112. The molecular weight excluding hydrogens is 356 g/mol. The summed E-state index contributed by atoms with van der Waals surface area (Å²) in [5.74, 6) is 1.44. The van der Waals surface area contributed by atoms with Crippen LogP contribution in [0.15, 0.2) is 55.0 Å². The van der Waals surface area contributed by atoms with Crippen molar-refractivity contribution in [2.24, 2.45) is 0 Å². The van der Waals surface area contributed by atoms with Gasteiger partial charge in [-0.15, -0.1) is 0 Å². The molecule has 8 heteroatoms. The van der Waals surface area contributed by atoms with Crippen LogP contribution in [0.3, 0.4) is 0 Å². The van der Waals surface area contributed by atoms with Gasteiger partial charge in [-0.25, -0.2) is 14.8 Å². The number of amides is 3. The molecule has 2 aromatic heterocycles. The molecule has 0 aliphatic carbocycles. The molecule has 1 aromatic carbocycles. The van der Waals surface area contributed by atoms with Crippen molar-refractivity contribution in [1.29, 1.82) is 0 Å². The number of carbonyl (C=O) groups is 2. The summed E-state index contributed by atoms with van der Waals surface area (Å²) < 4.78 is 1.89. The fourth-order valence-electron chi connectivity index (χ4n) is 3.12. The van der Waals surface area contributed by atoms with Crippen LogP contribution in [0.5, 0.6) is 0 Å². The number of hydrogen-bond acceptors (Lipinski definition) is 4. The van der Waals surface area contributed by atoms with Crippen LogP contribution < -0.4 is 15.5 Å². The highest BCUT2D eigenvalue weighted by atomic mass is 16.2. The molecule has 3 aromatic rings. The van der Waals surface area contributed by atoms with E-state index in [1.54, 1.807) is 41.6 Å². The Bertz CT molecular complexity index is 1010. The van der Waals surface area contributed by atoms with E-state index in [0.29, 0.717) is 25.2 Å². The molecule has 142 valence electrons. The number of aromatic nitrogens is 3. The number of aryl methyl sites for hydroxylation is 1.